The molecule has 2 aromatic carbocycles. The number of carbonyl (C=O) groups excluding carboxylic acids is 1. The second kappa shape index (κ2) is 7.43. The molecule has 0 saturated carbocycles. The second-order valence-electron chi connectivity index (χ2n) is 7.73. The van der Waals surface area contributed by atoms with Gasteiger partial charge in [-0.25, -0.2) is 9.50 Å². The summed E-state index contributed by atoms with van der Waals surface area (Å²) >= 11 is 0. The molecule has 0 radical (unpaired) electrons. The summed E-state index contributed by atoms with van der Waals surface area (Å²) in [5, 5.41) is 3.12. The number of methoxy groups -OCH3 is 1. The predicted molar refractivity (Wildman–Crippen MR) is 119 cm³/mol. The molecule has 3 heterocycles. The summed E-state index contributed by atoms with van der Waals surface area (Å²) in [6.45, 7) is 2.38. The van der Waals surface area contributed by atoms with E-state index in [4.69, 9.17) is 9.72 Å². The molecule has 5 rings (SSSR count). The predicted octanol–water partition coefficient (Wildman–Crippen LogP) is 3.53. The number of benzene rings is 2. The van der Waals surface area contributed by atoms with Crippen molar-refractivity contribution < 1.29 is 9.53 Å². The van der Waals surface area contributed by atoms with E-state index in [2.05, 4.69) is 5.10 Å². The van der Waals surface area contributed by atoms with E-state index in [0.717, 1.165) is 22.5 Å². The van der Waals surface area contributed by atoms with Crippen LogP contribution in [0.2, 0.25) is 0 Å². The van der Waals surface area contributed by atoms with Gasteiger partial charge in [-0.15, -0.1) is 0 Å². The number of rotatable bonds is 4. The number of hydrogen-bond donors (Lipinski definition) is 1. The van der Waals surface area contributed by atoms with Crippen molar-refractivity contribution in [1.82, 2.24) is 14.6 Å². The third kappa shape index (κ3) is 3.18. The SMILES string of the molecule is COc1ccccc1N1CC(c2cc(=O)n3[nH]c(C)c(-c4ccccc4)c3n2)CC1=O. The van der Waals surface area contributed by atoms with Crippen molar-refractivity contribution in [2.24, 2.45) is 0 Å². The van der Waals surface area contributed by atoms with Gasteiger partial charge < -0.3 is 9.64 Å². The molecule has 1 fully saturated rings. The first-order chi connectivity index (χ1) is 15.1. The van der Waals surface area contributed by atoms with Crippen LogP contribution < -0.4 is 15.2 Å². The number of carbonyl (C=O) groups is 1. The van der Waals surface area contributed by atoms with Gasteiger partial charge in [0.1, 0.15) is 5.75 Å². The first kappa shape index (κ1) is 19.1. The molecule has 7 heteroatoms. The highest BCUT2D eigenvalue weighted by Crippen LogP contribution is 2.36. The first-order valence-corrected chi connectivity index (χ1v) is 10.2. The lowest BCUT2D eigenvalue weighted by Gasteiger charge is -2.19. The van der Waals surface area contributed by atoms with Crippen LogP contribution in [0.1, 0.15) is 23.7 Å². The molecule has 0 spiro atoms. The number of anilines is 1. The lowest BCUT2D eigenvalue weighted by Crippen LogP contribution is -2.25. The van der Waals surface area contributed by atoms with Crippen LogP contribution in [-0.4, -0.2) is 34.2 Å². The fraction of sp³-hybridized carbons (Fsp3) is 0.208. The van der Waals surface area contributed by atoms with Crippen LogP contribution in [0, 0.1) is 6.92 Å². The summed E-state index contributed by atoms with van der Waals surface area (Å²) in [7, 11) is 1.59. The molecule has 1 saturated heterocycles. The lowest BCUT2D eigenvalue weighted by atomic mass is 10.0. The minimum Gasteiger partial charge on any atom is -0.495 e. The van der Waals surface area contributed by atoms with E-state index in [1.165, 1.54) is 10.6 Å². The maximum Gasteiger partial charge on any atom is 0.272 e. The number of ether oxygens (including phenoxy) is 1. The Morgan fingerprint density at radius 2 is 1.81 bits per heavy atom. The van der Waals surface area contributed by atoms with E-state index in [1.54, 1.807) is 12.0 Å². The molecule has 156 valence electrons. The second-order valence-corrected chi connectivity index (χ2v) is 7.73. The third-order valence-corrected chi connectivity index (χ3v) is 5.80. The van der Waals surface area contributed by atoms with Crippen LogP contribution in [0.4, 0.5) is 5.69 Å². The molecular weight excluding hydrogens is 392 g/mol. The molecule has 1 N–H and O–H groups in total. The molecule has 7 nitrogen and oxygen atoms in total. The summed E-state index contributed by atoms with van der Waals surface area (Å²) in [6, 6.07) is 18.8. The zero-order valence-electron chi connectivity index (χ0n) is 17.3. The van der Waals surface area contributed by atoms with Crippen molar-refractivity contribution >= 4 is 17.2 Å². The molecule has 1 unspecified atom stereocenters. The fourth-order valence-electron chi connectivity index (χ4n) is 4.32. The number of nitrogens with zero attached hydrogens (tertiary/aromatic N) is 3. The molecule has 0 aliphatic carbocycles. The Kier molecular flexibility index (Phi) is 4.58. The molecule has 2 aromatic heterocycles. The highest BCUT2D eigenvalue weighted by atomic mass is 16.5. The third-order valence-electron chi connectivity index (χ3n) is 5.80. The summed E-state index contributed by atoms with van der Waals surface area (Å²) in [5.74, 6) is 0.464. The average Bonchev–Trinajstić information content (AvgIpc) is 3.34. The number of aromatic amines is 1. The highest BCUT2D eigenvalue weighted by molar-refractivity contribution is 5.97. The van der Waals surface area contributed by atoms with Crippen molar-refractivity contribution in [3.63, 3.8) is 0 Å². The Bertz CT molecular complexity index is 1340. The van der Waals surface area contributed by atoms with Crippen LogP contribution in [0.15, 0.2) is 65.5 Å². The Balaban J connectivity index is 1.57. The molecule has 1 atom stereocenters. The number of H-pyrrole nitrogens is 1. The number of nitrogens with one attached hydrogen (secondary N) is 1. The van der Waals surface area contributed by atoms with Crippen molar-refractivity contribution in [2.45, 2.75) is 19.3 Å². The largest absolute Gasteiger partial charge is 0.495 e. The van der Waals surface area contributed by atoms with E-state index in [0.29, 0.717) is 30.1 Å². The average molecular weight is 414 g/mol. The van der Waals surface area contributed by atoms with Crippen LogP contribution in [0.3, 0.4) is 0 Å². The Hall–Kier alpha value is -3.87. The number of para-hydroxylation sites is 2. The maximum atomic E-state index is 12.9. The van der Waals surface area contributed by atoms with E-state index in [1.807, 2.05) is 61.5 Å². The van der Waals surface area contributed by atoms with E-state index in [-0.39, 0.29) is 17.4 Å². The van der Waals surface area contributed by atoms with Gasteiger partial charge in [0, 0.05) is 36.2 Å². The van der Waals surface area contributed by atoms with E-state index < -0.39 is 0 Å². The fourth-order valence-corrected chi connectivity index (χ4v) is 4.32. The summed E-state index contributed by atoms with van der Waals surface area (Å²) in [4.78, 5) is 32.2. The molecule has 1 aliphatic rings. The standard InChI is InChI=1S/C24H22N4O3/c1-15-23(16-8-4-3-5-9-16)24-25-18(13-22(30)28(24)26-15)17-12-21(29)27(14-17)19-10-6-7-11-20(19)31-2/h3-11,13,17,26H,12,14H2,1-2H3. The van der Waals surface area contributed by atoms with Gasteiger partial charge in [0.2, 0.25) is 5.91 Å². The quantitative estimate of drug-likeness (QED) is 0.554. The van der Waals surface area contributed by atoms with Crippen LogP contribution >= 0.6 is 0 Å². The van der Waals surface area contributed by atoms with Crippen LogP contribution in [0.5, 0.6) is 5.75 Å². The van der Waals surface area contributed by atoms with Gasteiger partial charge in [-0.1, -0.05) is 42.5 Å². The van der Waals surface area contributed by atoms with Gasteiger partial charge in [0.15, 0.2) is 5.65 Å². The molecule has 1 amide bonds. The molecule has 0 bridgehead atoms. The summed E-state index contributed by atoms with van der Waals surface area (Å²) in [5.41, 5.74) is 4.50. The van der Waals surface area contributed by atoms with Crippen molar-refractivity contribution in [2.75, 3.05) is 18.6 Å². The normalized spacial score (nSPS) is 16.3. The Morgan fingerprint density at radius 1 is 1.06 bits per heavy atom. The van der Waals surface area contributed by atoms with Gasteiger partial charge in [-0.2, -0.15) is 0 Å². The van der Waals surface area contributed by atoms with Crippen molar-refractivity contribution in [1.29, 1.82) is 0 Å². The van der Waals surface area contributed by atoms with E-state index >= 15 is 0 Å². The zero-order valence-corrected chi connectivity index (χ0v) is 17.3. The highest BCUT2D eigenvalue weighted by Gasteiger charge is 2.34. The maximum absolute atomic E-state index is 12.9. The topological polar surface area (TPSA) is 79.7 Å². The van der Waals surface area contributed by atoms with E-state index in [9.17, 15) is 9.59 Å². The first-order valence-electron chi connectivity index (χ1n) is 10.2. The van der Waals surface area contributed by atoms with Crippen molar-refractivity contribution in [3.05, 3.63) is 82.4 Å². The zero-order chi connectivity index (χ0) is 21.5. The number of aryl methyl sites for hydroxylation is 1. The number of hydrogen-bond acceptors (Lipinski definition) is 4. The summed E-state index contributed by atoms with van der Waals surface area (Å²) in [6.07, 6.45) is 0.296. The van der Waals surface area contributed by atoms with Gasteiger partial charge in [0.25, 0.3) is 5.56 Å². The smallest absolute Gasteiger partial charge is 0.272 e. The monoisotopic (exact) mass is 414 g/mol. The Labute approximate surface area is 178 Å². The summed E-state index contributed by atoms with van der Waals surface area (Å²) < 4.78 is 6.89. The lowest BCUT2D eigenvalue weighted by molar-refractivity contribution is -0.117. The van der Waals surface area contributed by atoms with Crippen LogP contribution in [0.25, 0.3) is 16.8 Å². The molecule has 31 heavy (non-hydrogen) atoms. The Morgan fingerprint density at radius 3 is 2.58 bits per heavy atom. The minimum absolute atomic E-state index is 0.00923. The molecular formula is C24H22N4O3. The number of amides is 1. The minimum atomic E-state index is -0.187. The van der Waals surface area contributed by atoms with Gasteiger partial charge in [-0.05, 0) is 24.6 Å². The number of aromatic nitrogens is 3. The van der Waals surface area contributed by atoms with Gasteiger partial charge in [-0.3, -0.25) is 14.7 Å². The molecule has 1 aliphatic heterocycles. The van der Waals surface area contributed by atoms with Gasteiger partial charge in [0.05, 0.1) is 18.5 Å². The number of fused-ring (bicyclic) bond motifs is 1. The molecule has 4 aromatic rings. The van der Waals surface area contributed by atoms with Gasteiger partial charge >= 0.3 is 0 Å². The van der Waals surface area contributed by atoms with Crippen molar-refractivity contribution in [3.8, 4) is 16.9 Å². The van der Waals surface area contributed by atoms with Crippen LogP contribution in [-0.2, 0) is 4.79 Å².